The van der Waals surface area contributed by atoms with Crippen molar-refractivity contribution in [1.82, 2.24) is 5.32 Å². The Morgan fingerprint density at radius 3 is 2.53 bits per heavy atom. The minimum atomic E-state index is -0.862. The Bertz CT molecular complexity index is 1390. The maximum atomic E-state index is 13.9. The molecule has 0 radical (unpaired) electrons. The first-order valence-electron chi connectivity index (χ1n) is 11.1. The van der Waals surface area contributed by atoms with Gasteiger partial charge in [0.05, 0.1) is 12.3 Å². The number of anilines is 1. The van der Waals surface area contributed by atoms with E-state index in [0.29, 0.717) is 39.8 Å². The maximum Gasteiger partial charge on any atom is 0.335 e. The average Bonchev–Trinajstić information content (AvgIpc) is 2.84. The number of carbonyl (C=O) groups excluding carboxylic acids is 3. The fourth-order valence-electron chi connectivity index (χ4n) is 3.64. The van der Waals surface area contributed by atoms with Crippen LogP contribution in [0.25, 0.3) is 6.08 Å². The fourth-order valence-corrected chi connectivity index (χ4v) is 3.81. The molecule has 4 rings (SSSR count). The van der Waals surface area contributed by atoms with Crippen molar-refractivity contribution in [2.24, 2.45) is 0 Å². The molecule has 1 heterocycles. The Hall–Kier alpha value is -4.17. The van der Waals surface area contributed by atoms with Crippen molar-refractivity contribution in [1.29, 1.82) is 0 Å². The van der Waals surface area contributed by atoms with Gasteiger partial charge in [-0.1, -0.05) is 41.9 Å². The first kappa shape index (κ1) is 24.9. The standard InChI is InChI=1S/C27H22ClFN2O5/c1-3-35-24-13-17(9-11-23(24)36-15-18-6-4-5-7-21(18)29)12-20-25(32)30-27(34)31(26(20)33)22-14-19(28)10-8-16(22)2/h4-14H,3,15H2,1-2H3,(H,30,32,34)/b20-12+. The van der Waals surface area contributed by atoms with Gasteiger partial charge in [-0.15, -0.1) is 0 Å². The number of halogens is 2. The molecule has 3 aromatic carbocycles. The second kappa shape index (κ2) is 10.6. The summed E-state index contributed by atoms with van der Waals surface area (Å²) in [4.78, 5) is 39.2. The number of benzene rings is 3. The lowest BCUT2D eigenvalue weighted by molar-refractivity contribution is -0.122. The minimum Gasteiger partial charge on any atom is -0.490 e. The third kappa shape index (κ3) is 5.23. The summed E-state index contributed by atoms with van der Waals surface area (Å²) >= 11 is 6.06. The van der Waals surface area contributed by atoms with Crippen molar-refractivity contribution in [2.75, 3.05) is 11.5 Å². The lowest BCUT2D eigenvalue weighted by atomic mass is 10.1. The number of aryl methyl sites for hydroxylation is 1. The first-order valence-corrected chi connectivity index (χ1v) is 11.5. The SMILES string of the molecule is CCOc1cc(/C=C2\C(=O)NC(=O)N(c3cc(Cl)ccc3C)C2=O)ccc1OCc1ccccc1F. The van der Waals surface area contributed by atoms with Crippen LogP contribution in [0.1, 0.15) is 23.6 Å². The van der Waals surface area contributed by atoms with Gasteiger partial charge in [0.1, 0.15) is 18.0 Å². The van der Waals surface area contributed by atoms with E-state index in [-0.39, 0.29) is 23.7 Å². The molecule has 1 aliphatic heterocycles. The molecule has 7 nitrogen and oxygen atoms in total. The Kier molecular flexibility index (Phi) is 7.36. The molecular formula is C27H22ClFN2O5. The van der Waals surface area contributed by atoms with Crippen molar-refractivity contribution in [3.05, 3.63) is 93.8 Å². The molecule has 3 aromatic rings. The molecule has 0 atom stereocenters. The molecular weight excluding hydrogens is 487 g/mol. The van der Waals surface area contributed by atoms with Crippen LogP contribution >= 0.6 is 11.6 Å². The first-order chi connectivity index (χ1) is 17.3. The lowest BCUT2D eigenvalue weighted by Crippen LogP contribution is -2.54. The molecule has 9 heteroatoms. The number of hydrogen-bond donors (Lipinski definition) is 1. The van der Waals surface area contributed by atoms with E-state index in [0.717, 1.165) is 4.90 Å². The topological polar surface area (TPSA) is 84.9 Å². The maximum absolute atomic E-state index is 13.9. The van der Waals surface area contributed by atoms with E-state index in [1.807, 2.05) is 0 Å². The van der Waals surface area contributed by atoms with E-state index in [1.54, 1.807) is 62.4 Å². The van der Waals surface area contributed by atoms with Gasteiger partial charge < -0.3 is 9.47 Å². The van der Waals surface area contributed by atoms with E-state index < -0.39 is 17.8 Å². The molecule has 1 fully saturated rings. The number of imide groups is 2. The fraction of sp³-hybridized carbons (Fsp3) is 0.148. The number of barbiturate groups is 1. The normalized spacial score (nSPS) is 14.7. The summed E-state index contributed by atoms with van der Waals surface area (Å²) in [6.07, 6.45) is 1.36. The van der Waals surface area contributed by atoms with Crippen molar-refractivity contribution >= 4 is 41.2 Å². The Morgan fingerprint density at radius 1 is 1.00 bits per heavy atom. The summed E-state index contributed by atoms with van der Waals surface area (Å²) in [6, 6.07) is 15.0. The number of carbonyl (C=O) groups is 3. The van der Waals surface area contributed by atoms with Gasteiger partial charge in [0, 0.05) is 10.6 Å². The second-order valence-electron chi connectivity index (χ2n) is 7.91. The van der Waals surface area contributed by atoms with Gasteiger partial charge in [-0.05, 0) is 61.4 Å². The number of hydrogen-bond acceptors (Lipinski definition) is 5. The molecule has 1 aliphatic rings. The highest BCUT2D eigenvalue weighted by atomic mass is 35.5. The highest BCUT2D eigenvalue weighted by molar-refractivity contribution is 6.39. The van der Waals surface area contributed by atoms with E-state index in [2.05, 4.69) is 5.32 Å². The monoisotopic (exact) mass is 508 g/mol. The zero-order valence-corrected chi connectivity index (χ0v) is 20.3. The molecule has 0 saturated carbocycles. The summed E-state index contributed by atoms with van der Waals surface area (Å²) in [5.41, 5.74) is 1.52. The van der Waals surface area contributed by atoms with Gasteiger partial charge >= 0.3 is 6.03 Å². The molecule has 36 heavy (non-hydrogen) atoms. The van der Waals surface area contributed by atoms with E-state index in [1.165, 1.54) is 18.2 Å². The van der Waals surface area contributed by atoms with Crippen molar-refractivity contribution in [3.8, 4) is 11.5 Å². The number of amides is 4. The Labute approximate surface area is 212 Å². The minimum absolute atomic E-state index is 0.00979. The number of urea groups is 1. The average molecular weight is 509 g/mol. The van der Waals surface area contributed by atoms with Crippen LogP contribution in [0.5, 0.6) is 11.5 Å². The Morgan fingerprint density at radius 2 is 1.78 bits per heavy atom. The largest absolute Gasteiger partial charge is 0.490 e. The zero-order chi connectivity index (χ0) is 25.8. The van der Waals surface area contributed by atoms with Crippen LogP contribution in [0.2, 0.25) is 5.02 Å². The molecule has 0 bridgehead atoms. The number of nitrogens with zero attached hydrogens (tertiary/aromatic N) is 1. The summed E-state index contributed by atoms with van der Waals surface area (Å²) < 4.78 is 25.4. The predicted octanol–water partition coefficient (Wildman–Crippen LogP) is 5.43. The van der Waals surface area contributed by atoms with E-state index in [4.69, 9.17) is 21.1 Å². The third-order valence-electron chi connectivity index (χ3n) is 5.43. The number of rotatable bonds is 7. The molecule has 0 aliphatic carbocycles. The summed E-state index contributed by atoms with van der Waals surface area (Å²) in [5.74, 6) is -1.27. The van der Waals surface area contributed by atoms with E-state index in [9.17, 15) is 18.8 Å². The van der Waals surface area contributed by atoms with Crippen LogP contribution in [0.4, 0.5) is 14.9 Å². The smallest absolute Gasteiger partial charge is 0.335 e. The van der Waals surface area contributed by atoms with Gasteiger partial charge in [-0.3, -0.25) is 14.9 Å². The van der Waals surface area contributed by atoms with Crippen LogP contribution in [-0.4, -0.2) is 24.5 Å². The van der Waals surface area contributed by atoms with Gasteiger partial charge in [0.2, 0.25) is 0 Å². The van der Waals surface area contributed by atoms with Crippen LogP contribution in [0, 0.1) is 12.7 Å². The highest BCUT2D eigenvalue weighted by Crippen LogP contribution is 2.32. The molecule has 0 spiro atoms. The molecule has 0 unspecified atom stereocenters. The van der Waals surface area contributed by atoms with Crippen LogP contribution in [-0.2, 0) is 16.2 Å². The highest BCUT2D eigenvalue weighted by Gasteiger charge is 2.37. The quantitative estimate of drug-likeness (QED) is 0.340. The van der Waals surface area contributed by atoms with E-state index >= 15 is 0 Å². The van der Waals surface area contributed by atoms with Gasteiger partial charge in [0.25, 0.3) is 11.8 Å². The number of ether oxygens (including phenoxy) is 2. The summed E-state index contributed by atoms with van der Waals surface area (Å²) in [5, 5.41) is 2.53. The van der Waals surface area contributed by atoms with Crippen molar-refractivity contribution in [3.63, 3.8) is 0 Å². The molecule has 4 amide bonds. The molecule has 1 N–H and O–H groups in total. The lowest BCUT2D eigenvalue weighted by Gasteiger charge is -2.27. The third-order valence-corrected chi connectivity index (χ3v) is 5.67. The van der Waals surface area contributed by atoms with Gasteiger partial charge in [0.15, 0.2) is 11.5 Å². The number of nitrogens with one attached hydrogen (secondary N) is 1. The molecule has 0 aromatic heterocycles. The summed E-state index contributed by atoms with van der Waals surface area (Å²) in [7, 11) is 0. The predicted molar refractivity (Wildman–Crippen MR) is 134 cm³/mol. The Balaban J connectivity index is 1.64. The van der Waals surface area contributed by atoms with Crippen LogP contribution < -0.4 is 19.7 Å². The van der Waals surface area contributed by atoms with Crippen molar-refractivity contribution in [2.45, 2.75) is 20.5 Å². The molecule has 184 valence electrons. The van der Waals surface area contributed by atoms with Crippen LogP contribution in [0.3, 0.4) is 0 Å². The van der Waals surface area contributed by atoms with Gasteiger partial charge in [-0.25, -0.2) is 14.1 Å². The summed E-state index contributed by atoms with van der Waals surface area (Å²) in [6.45, 7) is 3.83. The molecule has 1 saturated heterocycles. The second-order valence-corrected chi connectivity index (χ2v) is 8.34. The van der Waals surface area contributed by atoms with Crippen molar-refractivity contribution < 1.29 is 28.2 Å². The van der Waals surface area contributed by atoms with Crippen LogP contribution in [0.15, 0.2) is 66.2 Å². The zero-order valence-electron chi connectivity index (χ0n) is 19.5. The van der Waals surface area contributed by atoms with Gasteiger partial charge in [-0.2, -0.15) is 0 Å².